The van der Waals surface area contributed by atoms with Crippen LogP contribution in [0.25, 0.3) is 0 Å². The number of nitrogens with one attached hydrogen (secondary N) is 1. The Morgan fingerprint density at radius 3 is 2.79 bits per heavy atom. The third kappa shape index (κ3) is 2.06. The van der Waals surface area contributed by atoms with Gasteiger partial charge in [0.25, 0.3) is 0 Å². The molecule has 3 unspecified atom stereocenters. The molecule has 1 saturated heterocycles. The van der Waals surface area contributed by atoms with E-state index in [1.54, 1.807) is 0 Å². The van der Waals surface area contributed by atoms with Crippen LogP contribution in [0.3, 0.4) is 0 Å². The Bertz CT molecular complexity index is 480. The Balaban J connectivity index is 1.79. The molecule has 1 N–H and O–H groups in total. The van der Waals surface area contributed by atoms with Gasteiger partial charge in [-0.05, 0) is 38.3 Å². The minimum Gasteiger partial charge on any atom is -0.381 e. The summed E-state index contributed by atoms with van der Waals surface area (Å²) in [6.45, 7) is 9.95. The number of ether oxygens (including phenoxy) is 1. The van der Waals surface area contributed by atoms with Crippen molar-refractivity contribution < 1.29 is 4.74 Å². The van der Waals surface area contributed by atoms with E-state index in [4.69, 9.17) is 4.74 Å². The van der Waals surface area contributed by atoms with Crippen molar-refractivity contribution in [2.75, 3.05) is 11.9 Å². The molecule has 1 aromatic rings. The second-order valence-electron chi connectivity index (χ2n) is 6.86. The third-order valence-electron chi connectivity index (χ3n) is 5.02. The van der Waals surface area contributed by atoms with E-state index in [0.29, 0.717) is 18.1 Å². The first-order valence-corrected chi connectivity index (χ1v) is 7.45. The highest BCUT2D eigenvalue weighted by Gasteiger charge is 2.57. The number of hydrogen-bond acceptors (Lipinski definition) is 2. The van der Waals surface area contributed by atoms with Crippen molar-refractivity contribution in [2.24, 2.45) is 11.3 Å². The topological polar surface area (TPSA) is 21.3 Å². The zero-order chi connectivity index (χ0) is 13.6. The second-order valence-corrected chi connectivity index (χ2v) is 6.86. The van der Waals surface area contributed by atoms with Gasteiger partial charge in [-0.15, -0.1) is 0 Å². The standard InChI is InChI=1S/C17H25NO/c1-11-7-8-14(12(2)10-11)18-15-13-6-5-9-19-16(13)17(15,3)4/h7-8,10,13,15-16,18H,5-6,9H2,1-4H3. The summed E-state index contributed by atoms with van der Waals surface area (Å²) in [5.74, 6) is 0.685. The number of anilines is 1. The van der Waals surface area contributed by atoms with Gasteiger partial charge in [-0.1, -0.05) is 31.5 Å². The molecule has 0 radical (unpaired) electrons. The van der Waals surface area contributed by atoms with E-state index >= 15 is 0 Å². The van der Waals surface area contributed by atoms with Crippen LogP contribution < -0.4 is 5.32 Å². The average Bonchev–Trinajstić information content (AvgIpc) is 2.37. The molecule has 1 saturated carbocycles. The molecule has 2 fully saturated rings. The molecule has 1 aromatic carbocycles. The molecule has 1 aliphatic heterocycles. The van der Waals surface area contributed by atoms with Crippen LogP contribution in [0.2, 0.25) is 0 Å². The van der Waals surface area contributed by atoms with E-state index in [1.807, 2.05) is 0 Å². The predicted molar refractivity (Wildman–Crippen MR) is 79.6 cm³/mol. The highest BCUT2D eigenvalue weighted by molar-refractivity contribution is 5.53. The van der Waals surface area contributed by atoms with Crippen molar-refractivity contribution in [3.05, 3.63) is 29.3 Å². The zero-order valence-corrected chi connectivity index (χ0v) is 12.5. The fourth-order valence-corrected chi connectivity index (χ4v) is 3.96. The van der Waals surface area contributed by atoms with Crippen LogP contribution in [0.4, 0.5) is 5.69 Å². The quantitative estimate of drug-likeness (QED) is 0.869. The van der Waals surface area contributed by atoms with Crippen molar-refractivity contribution in [3.63, 3.8) is 0 Å². The lowest BCUT2D eigenvalue weighted by Gasteiger charge is -2.60. The van der Waals surface area contributed by atoms with Gasteiger partial charge in [0.05, 0.1) is 6.10 Å². The molecule has 1 heterocycles. The average molecular weight is 259 g/mol. The molecule has 0 spiro atoms. The van der Waals surface area contributed by atoms with Gasteiger partial charge < -0.3 is 10.1 Å². The van der Waals surface area contributed by atoms with Crippen molar-refractivity contribution in [2.45, 2.75) is 52.7 Å². The van der Waals surface area contributed by atoms with Crippen LogP contribution in [0, 0.1) is 25.2 Å². The van der Waals surface area contributed by atoms with Crippen LogP contribution in [-0.2, 0) is 4.74 Å². The van der Waals surface area contributed by atoms with Crippen LogP contribution in [0.1, 0.15) is 37.8 Å². The van der Waals surface area contributed by atoms with Gasteiger partial charge in [0, 0.05) is 29.7 Å². The second kappa shape index (κ2) is 4.52. The molecule has 3 rings (SSSR count). The van der Waals surface area contributed by atoms with Gasteiger partial charge in [-0.3, -0.25) is 0 Å². The molecule has 0 bridgehead atoms. The van der Waals surface area contributed by atoms with Crippen LogP contribution in [0.5, 0.6) is 0 Å². The lowest BCUT2D eigenvalue weighted by Crippen LogP contribution is -2.67. The lowest BCUT2D eigenvalue weighted by molar-refractivity contribution is -0.177. The van der Waals surface area contributed by atoms with Gasteiger partial charge in [0.15, 0.2) is 0 Å². The first-order valence-electron chi connectivity index (χ1n) is 7.45. The van der Waals surface area contributed by atoms with E-state index in [2.05, 4.69) is 51.2 Å². The Kier molecular flexibility index (Phi) is 3.09. The van der Waals surface area contributed by atoms with Gasteiger partial charge in [-0.25, -0.2) is 0 Å². The monoisotopic (exact) mass is 259 g/mol. The SMILES string of the molecule is Cc1ccc(NC2C3CCCOC3C2(C)C)c(C)c1. The number of fused-ring (bicyclic) bond motifs is 1. The van der Waals surface area contributed by atoms with Gasteiger partial charge in [0.2, 0.25) is 0 Å². The summed E-state index contributed by atoms with van der Waals surface area (Å²) in [6.07, 6.45) is 2.96. The number of benzene rings is 1. The molecule has 104 valence electrons. The van der Waals surface area contributed by atoms with Crippen LogP contribution >= 0.6 is 0 Å². The molecule has 0 amide bonds. The maximum atomic E-state index is 5.97. The minimum atomic E-state index is 0.239. The summed E-state index contributed by atoms with van der Waals surface area (Å²) < 4.78 is 5.97. The Morgan fingerprint density at radius 1 is 1.26 bits per heavy atom. The van der Waals surface area contributed by atoms with Gasteiger partial charge >= 0.3 is 0 Å². The van der Waals surface area contributed by atoms with Gasteiger partial charge in [-0.2, -0.15) is 0 Å². The van der Waals surface area contributed by atoms with Crippen molar-refractivity contribution in [3.8, 4) is 0 Å². The normalized spacial score (nSPS) is 32.3. The van der Waals surface area contributed by atoms with E-state index in [-0.39, 0.29) is 5.41 Å². The molecular formula is C17H25NO. The summed E-state index contributed by atoms with van der Waals surface area (Å²) in [6, 6.07) is 7.20. The number of rotatable bonds is 2. The summed E-state index contributed by atoms with van der Waals surface area (Å²) in [5, 5.41) is 3.78. The van der Waals surface area contributed by atoms with Crippen molar-refractivity contribution in [1.82, 2.24) is 0 Å². The number of aryl methyl sites for hydroxylation is 2. The summed E-state index contributed by atoms with van der Waals surface area (Å²) >= 11 is 0. The highest BCUT2D eigenvalue weighted by Crippen LogP contribution is 2.52. The molecule has 3 atom stereocenters. The Labute approximate surface area is 116 Å². The Hall–Kier alpha value is -1.02. The first kappa shape index (κ1) is 13.0. The fourth-order valence-electron chi connectivity index (χ4n) is 3.96. The van der Waals surface area contributed by atoms with Crippen LogP contribution in [-0.4, -0.2) is 18.8 Å². The summed E-state index contributed by atoms with van der Waals surface area (Å²) in [7, 11) is 0. The fraction of sp³-hybridized carbons (Fsp3) is 0.647. The molecule has 0 aromatic heterocycles. The van der Waals surface area contributed by atoms with Crippen molar-refractivity contribution in [1.29, 1.82) is 0 Å². The molecule has 19 heavy (non-hydrogen) atoms. The molecular weight excluding hydrogens is 234 g/mol. The van der Waals surface area contributed by atoms with Crippen molar-refractivity contribution >= 4 is 5.69 Å². The summed E-state index contributed by atoms with van der Waals surface area (Å²) in [5.41, 5.74) is 4.20. The largest absolute Gasteiger partial charge is 0.381 e. The van der Waals surface area contributed by atoms with E-state index in [0.717, 1.165) is 6.61 Å². The zero-order valence-electron chi connectivity index (χ0n) is 12.5. The Morgan fingerprint density at radius 2 is 2.05 bits per heavy atom. The minimum absolute atomic E-state index is 0.239. The maximum absolute atomic E-state index is 5.97. The van der Waals surface area contributed by atoms with E-state index in [1.165, 1.54) is 29.7 Å². The highest BCUT2D eigenvalue weighted by atomic mass is 16.5. The molecule has 2 nitrogen and oxygen atoms in total. The van der Waals surface area contributed by atoms with Gasteiger partial charge in [0.1, 0.15) is 0 Å². The molecule has 2 heteroatoms. The molecule has 2 aliphatic rings. The third-order valence-corrected chi connectivity index (χ3v) is 5.02. The van der Waals surface area contributed by atoms with E-state index < -0.39 is 0 Å². The molecule has 1 aliphatic carbocycles. The van der Waals surface area contributed by atoms with Crippen LogP contribution in [0.15, 0.2) is 18.2 Å². The maximum Gasteiger partial charge on any atom is 0.0693 e. The summed E-state index contributed by atoms with van der Waals surface area (Å²) in [4.78, 5) is 0. The predicted octanol–water partition coefficient (Wildman–Crippen LogP) is 3.92. The first-order chi connectivity index (χ1) is 9.00. The lowest BCUT2D eigenvalue weighted by atomic mass is 9.55. The number of hydrogen-bond donors (Lipinski definition) is 1. The smallest absolute Gasteiger partial charge is 0.0693 e. The van der Waals surface area contributed by atoms with E-state index in [9.17, 15) is 0 Å².